The third kappa shape index (κ3) is 2.83. The average molecular weight is 264 g/mol. The average Bonchev–Trinajstić information content (AvgIpc) is 2.32. The third-order valence-electron chi connectivity index (χ3n) is 3.22. The van der Waals surface area contributed by atoms with Gasteiger partial charge in [-0.3, -0.25) is 4.79 Å². The van der Waals surface area contributed by atoms with Crippen LogP contribution in [0.15, 0.2) is 12.1 Å². The number of aliphatic carboxylic acids is 1. The maximum absolute atomic E-state index is 11.4. The minimum atomic E-state index is -0.769. The molecule has 6 heteroatoms. The molecular formula is C13H16N2O4. The van der Waals surface area contributed by atoms with Gasteiger partial charge in [-0.05, 0) is 19.1 Å². The van der Waals surface area contributed by atoms with Crippen LogP contribution in [0.1, 0.15) is 22.5 Å². The van der Waals surface area contributed by atoms with E-state index in [2.05, 4.69) is 9.72 Å². The molecule has 1 N–H and O–H groups in total. The number of esters is 1. The standard InChI is InChI=1S/C13H16N2O4/c1-8-10(13(18)19-2)3-4-11(14-8)15-6-9(7-15)5-12(16)17/h3-4,9H,5-7H2,1-2H3,(H,16,17). The number of hydrogen-bond acceptors (Lipinski definition) is 5. The van der Waals surface area contributed by atoms with Gasteiger partial charge in [-0.15, -0.1) is 0 Å². The number of hydrogen-bond donors (Lipinski definition) is 1. The summed E-state index contributed by atoms with van der Waals surface area (Å²) in [4.78, 5) is 28.4. The first-order valence-electron chi connectivity index (χ1n) is 6.04. The summed E-state index contributed by atoms with van der Waals surface area (Å²) in [7, 11) is 1.33. The van der Waals surface area contributed by atoms with E-state index in [4.69, 9.17) is 5.11 Å². The van der Waals surface area contributed by atoms with Gasteiger partial charge in [-0.1, -0.05) is 0 Å². The van der Waals surface area contributed by atoms with E-state index in [1.54, 1.807) is 19.1 Å². The van der Waals surface area contributed by atoms with Crippen molar-refractivity contribution in [2.75, 3.05) is 25.1 Å². The largest absolute Gasteiger partial charge is 0.481 e. The second-order valence-electron chi connectivity index (χ2n) is 4.66. The summed E-state index contributed by atoms with van der Waals surface area (Å²) >= 11 is 0. The Hall–Kier alpha value is -2.11. The Morgan fingerprint density at radius 3 is 2.68 bits per heavy atom. The molecule has 0 spiro atoms. The Labute approximate surface area is 111 Å². The van der Waals surface area contributed by atoms with Crippen LogP contribution in [-0.4, -0.2) is 42.2 Å². The van der Waals surface area contributed by atoms with E-state index in [1.165, 1.54) is 7.11 Å². The molecule has 1 aliphatic heterocycles. The maximum atomic E-state index is 11.4. The molecule has 19 heavy (non-hydrogen) atoms. The molecule has 1 fully saturated rings. The molecule has 1 aromatic heterocycles. The number of anilines is 1. The summed E-state index contributed by atoms with van der Waals surface area (Å²) in [6.45, 7) is 3.14. The number of rotatable bonds is 4. The number of aromatic nitrogens is 1. The summed E-state index contributed by atoms with van der Waals surface area (Å²) < 4.78 is 4.66. The highest BCUT2D eigenvalue weighted by Crippen LogP contribution is 2.25. The Morgan fingerprint density at radius 1 is 1.47 bits per heavy atom. The molecule has 1 saturated heterocycles. The molecule has 6 nitrogen and oxygen atoms in total. The van der Waals surface area contributed by atoms with Crippen molar-refractivity contribution >= 4 is 17.8 Å². The highest BCUT2D eigenvalue weighted by Gasteiger charge is 2.29. The van der Waals surface area contributed by atoms with Gasteiger partial charge in [0, 0.05) is 19.0 Å². The second kappa shape index (κ2) is 5.26. The van der Waals surface area contributed by atoms with E-state index in [-0.39, 0.29) is 12.3 Å². The van der Waals surface area contributed by atoms with Crippen molar-refractivity contribution in [3.8, 4) is 0 Å². The SMILES string of the molecule is COC(=O)c1ccc(N2CC(CC(=O)O)C2)nc1C. The first kappa shape index (κ1) is 13.3. The van der Waals surface area contributed by atoms with Crippen molar-refractivity contribution in [1.29, 1.82) is 0 Å². The van der Waals surface area contributed by atoms with E-state index in [1.807, 2.05) is 4.90 Å². The number of carboxylic acids is 1. The van der Waals surface area contributed by atoms with Gasteiger partial charge in [-0.25, -0.2) is 9.78 Å². The van der Waals surface area contributed by atoms with Crippen LogP contribution in [-0.2, 0) is 9.53 Å². The molecule has 0 amide bonds. The molecular weight excluding hydrogens is 248 g/mol. The summed E-state index contributed by atoms with van der Waals surface area (Å²) in [6.07, 6.45) is 0.190. The van der Waals surface area contributed by atoms with Crippen LogP contribution in [0.3, 0.4) is 0 Å². The monoisotopic (exact) mass is 264 g/mol. The number of carboxylic acid groups (broad SMARTS) is 1. The molecule has 0 bridgehead atoms. The zero-order valence-corrected chi connectivity index (χ0v) is 10.9. The Kier molecular flexibility index (Phi) is 3.69. The van der Waals surface area contributed by atoms with Crippen LogP contribution in [0.4, 0.5) is 5.82 Å². The van der Waals surface area contributed by atoms with E-state index in [0.29, 0.717) is 24.3 Å². The summed E-state index contributed by atoms with van der Waals surface area (Å²) in [6, 6.07) is 3.45. The molecule has 0 atom stereocenters. The minimum absolute atomic E-state index is 0.180. The van der Waals surface area contributed by atoms with Gasteiger partial charge in [0.25, 0.3) is 0 Å². The van der Waals surface area contributed by atoms with Gasteiger partial charge < -0.3 is 14.7 Å². The minimum Gasteiger partial charge on any atom is -0.481 e. The van der Waals surface area contributed by atoms with Gasteiger partial charge in [-0.2, -0.15) is 0 Å². The zero-order chi connectivity index (χ0) is 14.0. The van der Waals surface area contributed by atoms with E-state index in [9.17, 15) is 9.59 Å². The van der Waals surface area contributed by atoms with Crippen molar-refractivity contribution in [3.63, 3.8) is 0 Å². The maximum Gasteiger partial charge on any atom is 0.339 e. The molecule has 1 aliphatic rings. The van der Waals surface area contributed by atoms with Gasteiger partial charge in [0.1, 0.15) is 5.82 Å². The van der Waals surface area contributed by atoms with Gasteiger partial charge in [0.2, 0.25) is 0 Å². The van der Waals surface area contributed by atoms with Crippen LogP contribution in [0.5, 0.6) is 0 Å². The van der Waals surface area contributed by atoms with Gasteiger partial charge in [0.15, 0.2) is 0 Å². The highest BCUT2D eigenvalue weighted by molar-refractivity contribution is 5.90. The van der Waals surface area contributed by atoms with Crippen molar-refractivity contribution in [2.24, 2.45) is 5.92 Å². The predicted octanol–water partition coefficient (Wildman–Crippen LogP) is 1.09. The lowest BCUT2D eigenvalue weighted by molar-refractivity contribution is -0.138. The first-order chi connectivity index (χ1) is 9.01. The fraction of sp³-hybridized carbons (Fsp3) is 0.462. The fourth-order valence-electron chi connectivity index (χ4n) is 2.18. The van der Waals surface area contributed by atoms with E-state index < -0.39 is 11.9 Å². The number of methoxy groups -OCH3 is 1. The summed E-state index contributed by atoms with van der Waals surface area (Å²) in [5, 5.41) is 8.69. The van der Waals surface area contributed by atoms with E-state index in [0.717, 1.165) is 5.82 Å². The number of pyridine rings is 1. The Bertz CT molecular complexity index is 509. The molecule has 0 radical (unpaired) electrons. The zero-order valence-electron chi connectivity index (χ0n) is 10.9. The van der Waals surface area contributed by atoms with E-state index >= 15 is 0 Å². The lowest BCUT2D eigenvalue weighted by atomic mass is 9.96. The molecule has 2 heterocycles. The number of ether oxygens (including phenoxy) is 1. The van der Waals surface area contributed by atoms with Crippen LogP contribution in [0, 0.1) is 12.8 Å². The molecule has 0 unspecified atom stereocenters. The highest BCUT2D eigenvalue weighted by atomic mass is 16.5. The number of carbonyl (C=O) groups is 2. The van der Waals surface area contributed by atoms with Crippen LogP contribution in [0.25, 0.3) is 0 Å². The number of aryl methyl sites for hydroxylation is 1. The lowest BCUT2D eigenvalue weighted by Gasteiger charge is -2.39. The van der Waals surface area contributed by atoms with Crippen molar-refractivity contribution < 1.29 is 19.4 Å². The van der Waals surface area contributed by atoms with Crippen molar-refractivity contribution in [1.82, 2.24) is 4.98 Å². The first-order valence-corrected chi connectivity index (χ1v) is 6.04. The molecule has 0 aliphatic carbocycles. The van der Waals surface area contributed by atoms with Gasteiger partial charge >= 0.3 is 11.9 Å². The van der Waals surface area contributed by atoms with Crippen molar-refractivity contribution in [2.45, 2.75) is 13.3 Å². The Morgan fingerprint density at radius 2 is 2.16 bits per heavy atom. The van der Waals surface area contributed by atoms with Gasteiger partial charge in [0.05, 0.1) is 24.8 Å². The van der Waals surface area contributed by atoms with Crippen LogP contribution in [0.2, 0.25) is 0 Å². The molecule has 0 aromatic carbocycles. The number of carbonyl (C=O) groups excluding carboxylic acids is 1. The van der Waals surface area contributed by atoms with Crippen LogP contribution >= 0.6 is 0 Å². The van der Waals surface area contributed by atoms with Crippen molar-refractivity contribution in [3.05, 3.63) is 23.4 Å². The smallest absolute Gasteiger partial charge is 0.339 e. The molecule has 102 valence electrons. The third-order valence-corrected chi connectivity index (χ3v) is 3.22. The quantitative estimate of drug-likeness (QED) is 0.820. The Balaban J connectivity index is 2.02. The van der Waals surface area contributed by atoms with Crippen LogP contribution < -0.4 is 4.90 Å². The summed E-state index contributed by atoms with van der Waals surface area (Å²) in [5.41, 5.74) is 1.07. The fourth-order valence-corrected chi connectivity index (χ4v) is 2.18. The summed E-state index contributed by atoms with van der Waals surface area (Å²) in [5.74, 6) is -0.217. The molecule has 0 saturated carbocycles. The lowest BCUT2D eigenvalue weighted by Crippen LogP contribution is -2.48. The normalized spacial score (nSPS) is 14.9. The predicted molar refractivity (Wildman–Crippen MR) is 68.3 cm³/mol. The second-order valence-corrected chi connectivity index (χ2v) is 4.66. The molecule has 1 aromatic rings. The molecule has 2 rings (SSSR count). The number of nitrogens with zero attached hydrogens (tertiary/aromatic N) is 2. The topological polar surface area (TPSA) is 79.7 Å².